The van der Waals surface area contributed by atoms with E-state index in [2.05, 4.69) is 16.6 Å². The van der Waals surface area contributed by atoms with Crippen molar-refractivity contribution in [3.05, 3.63) is 46.5 Å². The van der Waals surface area contributed by atoms with E-state index in [0.29, 0.717) is 32.9 Å². The maximum Gasteiger partial charge on any atom is 0.290 e. The summed E-state index contributed by atoms with van der Waals surface area (Å²) < 4.78 is 43.0. The first-order valence-electron chi connectivity index (χ1n) is 8.82. The SMILES string of the molecule is CC1CC1c1cccc(-c2c(C(N)=O)[se]c3ccc(OC(F)(F)F)cc23)n1.O=CO. The number of hydrogen-bond donors (Lipinski definition) is 2. The molecule has 0 aliphatic heterocycles. The molecule has 3 aromatic rings. The van der Waals surface area contributed by atoms with Gasteiger partial charge in [-0.05, 0) is 0 Å². The number of halogens is 3. The molecule has 0 radical (unpaired) electrons. The number of carboxylic acid groups (broad SMARTS) is 1. The fourth-order valence-corrected chi connectivity index (χ4v) is 5.42. The van der Waals surface area contributed by atoms with Gasteiger partial charge in [-0.3, -0.25) is 4.79 Å². The van der Waals surface area contributed by atoms with Crippen LogP contribution in [0.15, 0.2) is 36.4 Å². The van der Waals surface area contributed by atoms with Crippen LogP contribution in [0, 0.1) is 5.92 Å². The zero-order chi connectivity index (χ0) is 22.1. The molecule has 3 N–H and O–H groups in total. The number of hydrogen-bond acceptors (Lipinski definition) is 4. The minimum Gasteiger partial charge on any atom is -0.483 e. The Morgan fingerprint density at radius 1 is 1.33 bits per heavy atom. The first-order chi connectivity index (χ1) is 14.1. The number of carbonyl (C=O) groups excluding carboxylic acids is 1. The predicted molar refractivity (Wildman–Crippen MR) is 105 cm³/mol. The van der Waals surface area contributed by atoms with E-state index in [1.54, 1.807) is 12.1 Å². The van der Waals surface area contributed by atoms with Crippen molar-refractivity contribution in [1.82, 2.24) is 4.98 Å². The van der Waals surface area contributed by atoms with Crippen molar-refractivity contribution >= 4 is 36.5 Å². The Balaban J connectivity index is 0.000000806. The average Bonchev–Trinajstić information content (AvgIpc) is 3.26. The van der Waals surface area contributed by atoms with Gasteiger partial charge in [0, 0.05) is 0 Å². The molecule has 4 rings (SSSR count). The summed E-state index contributed by atoms with van der Waals surface area (Å²) in [6.45, 7) is 1.89. The summed E-state index contributed by atoms with van der Waals surface area (Å²) in [7, 11) is 0. The van der Waals surface area contributed by atoms with Gasteiger partial charge in [0.15, 0.2) is 0 Å². The van der Waals surface area contributed by atoms with Gasteiger partial charge in [0.1, 0.15) is 0 Å². The quantitative estimate of drug-likeness (QED) is 0.433. The first kappa shape index (κ1) is 21.9. The van der Waals surface area contributed by atoms with Gasteiger partial charge in [0.05, 0.1) is 0 Å². The Kier molecular flexibility index (Phi) is 6.19. The van der Waals surface area contributed by atoms with E-state index < -0.39 is 26.8 Å². The normalized spacial score (nSPS) is 17.7. The van der Waals surface area contributed by atoms with Crippen LogP contribution in [0.5, 0.6) is 5.75 Å². The molecule has 2 heterocycles. The number of primary amides is 1. The van der Waals surface area contributed by atoms with Gasteiger partial charge in [-0.1, -0.05) is 0 Å². The Morgan fingerprint density at radius 2 is 2.00 bits per heavy atom. The number of benzene rings is 1. The van der Waals surface area contributed by atoms with Crippen molar-refractivity contribution in [2.24, 2.45) is 11.7 Å². The van der Waals surface area contributed by atoms with Gasteiger partial charge in [-0.2, -0.15) is 0 Å². The van der Waals surface area contributed by atoms with Crippen LogP contribution in [-0.2, 0) is 4.79 Å². The molecule has 0 bridgehead atoms. The molecule has 0 saturated heterocycles. The predicted octanol–water partition coefficient (Wildman–Crippen LogP) is 3.78. The monoisotopic (exact) mass is 486 g/mol. The second-order valence-electron chi connectivity index (χ2n) is 6.75. The number of alkyl halides is 3. The molecule has 1 saturated carbocycles. The number of rotatable bonds is 4. The van der Waals surface area contributed by atoms with Crippen molar-refractivity contribution in [2.45, 2.75) is 25.6 Å². The van der Waals surface area contributed by atoms with E-state index in [4.69, 9.17) is 15.6 Å². The number of amides is 1. The summed E-state index contributed by atoms with van der Waals surface area (Å²) in [5, 5.41) is 7.42. The maximum absolute atomic E-state index is 12.6. The van der Waals surface area contributed by atoms with Gasteiger partial charge in [-0.25, -0.2) is 0 Å². The van der Waals surface area contributed by atoms with Gasteiger partial charge in [0.25, 0.3) is 6.47 Å². The molecule has 1 amide bonds. The summed E-state index contributed by atoms with van der Waals surface area (Å²) in [5.74, 6) is 0.0387. The molecule has 1 aromatic carbocycles. The fraction of sp³-hybridized carbons (Fsp3) is 0.250. The van der Waals surface area contributed by atoms with E-state index in [0.717, 1.165) is 16.4 Å². The van der Waals surface area contributed by atoms with Crippen molar-refractivity contribution in [1.29, 1.82) is 0 Å². The summed E-state index contributed by atoms with van der Waals surface area (Å²) in [4.78, 5) is 25.0. The molecule has 1 aliphatic carbocycles. The largest absolute Gasteiger partial charge is 0.483 e. The molecule has 2 unspecified atom stereocenters. The van der Waals surface area contributed by atoms with E-state index in [-0.39, 0.29) is 12.2 Å². The van der Waals surface area contributed by atoms with E-state index in [1.807, 2.05) is 12.1 Å². The summed E-state index contributed by atoms with van der Waals surface area (Å²) in [6.07, 6.45) is -3.73. The van der Waals surface area contributed by atoms with Crippen LogP contribution in [0.3, 0.4) is 0 Å². The first-order valence-corrected chi connectivity index (χ1v) is 10.5. The third-order valence-corrected chi connectivity index (χ3v) is 7.12. The second kappa shape index (κ2) is 8.49. The van der Waals surface area contributed by atoms with Gasteiger partial charge in [0.2, 0.25) is 0 Å². The zero-order valence-corrected chi connectivity index (χ0v) is 17.4. The van der Waals surface area contributed by atoms with Crippen LogP contribution in [0.1, 0.15) is 34.2 Å². The summed E-state index contributed by atoms with van der Waals surface area (Å²) >= 11 is -0.391. The number of carbonyl (C=O) groups is 2. The Morgan fingerprint density at radius 3 is 2.57 bits per heavy atom. The Labute approximate surface area is 175 Å². The van der Waals surface area contributed by atoms with Crippen molar-refractivity contribution in [3.8, 4) is 17.0 Å². The standard InChI is InChI=1S/C19H15F3N2O2Se.CH2O2/c1-9-7-11(9)13-3-2-4-14(24-13)16-12-8-10(26-19(20,21)22)5-6-15(12)27-17(16)18(23)25;2-1-3/h2-6,8-9,11H,7H2,1H3,(H2,23,25);1H,(H,2,3). The number of fused-ring (bicyclic) bond motifs is 1. The molecule has 1 fully saturated rings. The van der Waals surface area contributed by atoms with Crippen LogP contribution >= 0.6 is 0 Å². The van der Waals surface area contributed by atoms with Crippen LogP contribution in [-0.4, -0.2) is 43.3 Å². The maximum atomic E-state index is 12.6. The molecule has 2 aromatic heterocycles. The van der Waals surface area contributed by atoms with Crippen molar-refractivity contribution in [2.75, 3.05) is 0 Å². The van der Waals surface area contributed by atoms with Crippen LogP contribution < -0.4 is 10.5 Å². The Bertz CT molecular complexity index is 1100. The van der Waals surface area contributed by atoms with E-state index >= 15 is 0 Å². The molecule has 158 valence electrons. The number of pyridine rings is 1. The van der Waals surface area contributed by atoms with E-state index in [1.165, 1.54) is 12.1 Å². The van der Waals surface area contributed by atoms with Crippen molar-refractivity contribution < 1.29 is 32.6 Å². The third-order valence-electron chi connectivity index (χ3n) is 4.63. The van der Waals surface area contributed by atoms with Crippen molar-refractivity contribution in [3.63, 3.8) is 0 Å². The molecular formula is C20H17F3N2O4Se. The number of nitrogens with two attached hydrogens (primary N) is 1. The smallest absolute Gasteiger partial charge is 0.290 e. The third kappa shape index (κ3) is 4.83. The summed E-state index contributed by atoms with van der Waals surface area (Å²) in [5.41, 5.74) is 7.56. The second-order valence-corrected chi connectivity index (χ2v) is 8.96. The van der Waals surface area contributed by atoms with Gasteiger partial charge < -0.3 is 5.11 Å². The van der Waals surface area contributed by atoms with Crippen LogP contribution in [0.4, 0.5) is 13.2 Å². The molecule has 10 heteroatoms. The molecule has 6 nitrogen and oxygen atoms in total. The van der Waals surface area contributed by atoms with Crippen LogP contribution in [0.25, 0.3) is 20.9 Å². The number of aromatic nitrogens is 1. The molecule has 1 aliphatic rings. The molecular weight excluding hydrogens is 468 g/mol. The zero-order valence-electron chi connectivity index (χ0n) is 15.6. The van der Waals surface area contributed by atoms with Crippen LogP contribution in [0.2, 0.25) is 0 Å². The minimum atomic E-state index is -4.78. The molecule has 2 atom stereocenters. The molecule has 0 spiro atoms. The van der Waals surface area contributed by atoms with Gasteiger partial charge in [-0.15, -0.1) is 0 Å². The topological polar surface area (TPSA) is 103 Å². The summed E-state index contributed by atoms with van der Waals surface area (Å²) in [6, 6.07) is 9.67. The Hall–Kier alpha value is -2.84. The molecule has 30 heavy (non-hydrogen) atoms. The van der Waals surface area contributed by atoms with E-state index in [9.17, 15) is 18.0 Å². The minimum absolute atomic E-state index is 0.250. The van der Waals surface area contributed by atoms with Gasteiger partial charge >= 0.3 is 159 Å². The number of ether oxygens (including phenoxy) is 1. The fourth-order valence-electron chi connectivity index (χ4n) is 3.23. The average molecular weight is 485 g/mol. The number of nitrogens with zero attached hydrogens (tertiary/aromatic N) is 1.